The number of hydrogen-bond donors (Lipinski definition) is 3. The number of carbonyl (C=O) groups is 3. The number of phenolic OH excluding ortho intramolecular Hbond substituents is 2. The van der Waals surface area contributed by atoms with E-state index in [2.05, 4.69) is 21.2 Å². The predicted molar refractivity (Wildman–Crippen MR) is 121 cm³/mol. The molecular formula is C24H20BrNO6. The van der Waals surface area contributed by atoms with Gasteiger partial charge in [-0.1, -0.05) is 15.9 Å². The van der Waals surface area contributed by atoms with Crippen molar-refractivity contribution >= 4 is 39.0 Å². The molecule has 7 nitrogen and oxygen atoms in total. The Labute approximate surface area is 192 Å². The molecule has 8 heteroatoms. The van der Waals surface area contributed by atoms with Crippen molar-refractivity contribution in [2.75, 3.05) is 5.32 Å². The number of rotatable bonds is 3. The summed E-state index contributed by atoms with van der Waals surface area (Å²) in [4.78, 5) is 38.8. The minimum Gasteiger partial charge on any atom is -0.507 e. The smallest absolute Gasteiger partial charge is 0.194 e. The molecule has 0 fully saturated rings. The SMILES string of the molecule is CC(=O)c1c(O)c(C)c(O)c2c1OC1=CC(=O)/C(=C(\C)Nc3ccc(Br)cc3)C(=O)[C@]12C. The first-order valence-corrected chi connectivity index (χ1v) is 10.6. The predicted octanol–water partition coefficient (Wildman–Crippen LogP) is 4.44. The molecule has 2 aliphatic rings. The number of fused-ring (bicyclic) bond motifs is 3. The monoisotopic (exact) mass is 497 g/mol. The number of benzene rings is 2. The maximum absolute atomic E-state index is 13.7. The highest BCUT2D eigenvalue weighted by molar-refractivity contribution is 9.10. The van der Waals surface area contributed by atoms with Crippen LogP contribution in [0.3, 0.4) is 0 Å². The van der Waals surface area contributed by atoms with Crippen LogP contribution >= 0.6 is 15.9 Å². The Kier molecular flexibility index (Phi) is 5.01. The van der Waals surface area contributed by atoms with Gasteiger partial charge in [-0.05, 0) is 52.0 Å². The summed E-state index contributed by atoms with van der Waals surface area (Å²) in [7, 11) is 0. The molecule has 0 amide bonds. The number of allylic oxidation sites excluding steroid dienone is 4. The number of nitrogens with one attached hydrogen (secondary N) is 1. The molecule has 164 valence electrons. The van der Waals surface area contributed by atoms with Crippen molar-refractivity contribution in [3.8, 4) is 17.2 Å². The van der Waals surface area contributed by atoms with Crippen LogP contribution in [0.25, 0.3) is 0 Å². The molecular weight excluding hydrogens is 478 g/mol. The highest BCUT2D eigenvalue weighted by Gasteiger charge is 2.56. The van der Waals surface area contributed by atoms with Gasteiger partial charge in [-0.25, -0.2) is 0 Å². The summed E-state index contributed by atoms with van der Waals surface area (Å²) in [6.07, 6.45) is 1.19. The van der Waals surface area contributed by atoms with Gasteiger partial charge in [-0.2, -0.15) is 0 Å². The van der Waals surface area contributed by atoms with E-state index in [9.17, 15) is 24.6 Å². The maximum Gasteiger partial charge on any atom is 0.194 e. The van der Waals surface area contributed by atoms with Crippen molar-refractivity contribution in [2.24, 2.45) is 0 Å². The van der Waals surface area contributed by atoms with E-state index in [0.29, 0.717) is 11.4 Å². The van der Waals surface area contributed by atoms with Crippen LogP contribution in [0.1, 0.15) is 42.3 Å². The first kappa shape index (κ1) is 21.8. The molecule has 0 radical (unpaired) electrons. The number of aromatic hydroxyl groups is 2. The van der Waals surface area contributed by atoms with Crippen molar-refractivity contribution < 1.29 is 29.3 Å². The van der Waals surface area contributed by atoms with Crippen LogP contribution in [0.15, 0.2) is 51.8 Å². The fraction of sp³-hybridized carbons (Fsp3) is 0.208. The summed E-state index contributed by atoms with van der Waals surface area (Å²) in [6.45, 7) is 5.85. The third kappa shape index (κ3) is 2.97. The molecule has 1 aliphatic heterocycles. The fourth-order valence-electron chi connectivity index (χ4n) is 4.17. The number of carbonyl (C=O) groups excluding carboxylic acids is 3. The third-order valence-corrected chi connectivity index (χ3v) is 6.46. The van der Waals surface area contributed by atoms with E-state index in [0.717, 1.165) is 4.47 Å². The van der Waals surface area contributed by atoms with E-state index in [1.807, 2.05) is 12.1 Å². The van der Waals surface area contributed by atoms with Gasteiger partial charge in [0.05, 0.1) is 11.1 Å². The molecule has 0 spiro atoms. The number of Topliss-reactive ketones (excluding diaryl/α,β-unsaturated/α-hetero) is 2. The van der Waals surface area contributed by atoms with Crippen molar-refractivity contribution in [3.63, 3.8) is 0 Å². The summed E-state index contributed by atoms with van der Waals surface area (Å²) in [5, 5.41) is 24.3. The highest BCUT2D eigenvalue weighted by Crippen LogP contribution is 2.57. The first-order chi connectivity index (χ1) is 15.0. The van der Waals surface area contributed by atoms with Crippen molar-refractivity contribution in [1.29, 1.82) is 0 Å². The van der Waals surface area contributed by atoms with E-state index in [-0.39, 0.29) is 39.5 Å². The van der Waals surface area contributed by atoms with Crippen molar-refractivity contribution in [3.05, 3.63) is 68.5 Å². The lowest BCUT2D eigenvalue weighted by Crippen LogP contribution is -2.40. The minimum absolute atomic E-state index is 0.00508. The number of ketones is 3. The average molecular weight is 498 g/mol. The van der Waals surface area contributed by atoms with E-state index in [1.165, 1.54) is 26.8 Å². The summed E-state index contributed by atoms with van der Waals surface area (Å²) in [6, 6.07) is 7.23. The Balaban J connectivity index is 1.91. The largest absolute Gasteiger partial charge is 0.507 e. The van der Waals surface area contributed by atoms with E-state index in [1.54, 1.807) is 19.1 Å². The molecule has 0 saturated carbocycles. The summed E-state index contributed by atoms with van der Waals surface area (Å²) in [5.41, 5.74) is -0.602. The molecule has 1 aliphatic carbocycles. The van der Waals surface area contributed by atoms with Gasteiger partial charge in [0.15, 0.2) is 17.3 Å². The Bertz CT molecular complexity index is 1290. The Hall–Kier alpha value is -3.39. The minimum atomic E-state index is -1.53. The summed E-state index contributed by atoms with van der Waals surface area (Å²) >= 11 is 3.36. The second-order valence-electron chi connectivity index (χ2n) is 8.02. The lowest BCUT2D eigenvalue weighted by Gasteiger charge is -2.29. The number of phenols is 2. The zero-order valence-electron chi connectivity index (χ0n) is 17.8. The van der Waals surface area contributed by atoms with Gasteiger partial charge in [0.25, 0.3) is 0 Å². The van der Waals surface area contributed by atoms with E-state index in [4.69, 9.17) is 4.74 Å². The van der Waals surface area contributed by atoms with Crippen LogP contribution in [0.2, 0.25) is 0 Å². The second kappa shape index (κ2) is 7.34. The molecule has 0 aromatic heterocycles. The Morgan fingerprint density at radius 3 is 2.31 bits per heavy atom. The third-order valence-electron chi connectivity index (χ3n) is 5.94. The van der Waals surface area contributed by atoms with Crippen LogP contribution in [-0.2, 0) is 15.0 Å². The number of halogens is 1. The molecule has 1 heterocycles. The van der Waals surface area contributed by atoms with Crippen molar-refractivity contribution in [1.82, 2.24) is 0 Å². The molecule has 0 bridgehead atoms. The van der Waals surface area contributed by atoms with E-state index < -0.39 is 28.5 Å². The van der Waals surface area contributed by atoms with E-state index >= 15 is 0 Å². The fourth-order valence-corrected chi connectivity index (χ4v) is 4.44. The average Bonchev–Trinajstić information content (AvgIpc) is 3.01. The molecule has 4 rings (SSSR count). The molecule has 32 heavy (non-hydrogen) atoms. The number of hydrogen-bond acceptors (Lipinski definition) is 7. The molecule has 2 aromatic carbocycles. The first-order valence-electron chi connectivity index (χ1n) is 9.81. The maximum atomic E-state index is 13.7. The Morgan fingerprint density at radius 1 is 1.09 bits per heavy atom. The van der Waals surface area contributed by atoms with Gasteiger partial charge in [0, 0.05) is 27.5 Å². The van der Waals surface area contributed by atoms with Crippen molar-refractivity contribution in [2.45, 2.75) is 33.1 Å². The number of anilines is 1. The van der Waals surface area contributed by atoms with Crippen LogP contribution in [-0.4, -0.2) is 27.6 Å². The molecule has 2 aromatic rings. The lowest BCUT2D eigenvalue weighted by molar-refractivity contribution is -0.123. The molecule has 3 N–H and O–H groups in total. The molecule has 1 atom stereocenters. The van der Waals surface area contributed by atoms with Gasteiger partial charge in [-0.3, -0.25) is 14.4 Å². The van der Waals surface area contributed by atoms with Gasteiger partial charge in [0.2, 0.25) is 0 Å². The lowest BCUT2D eigenvalue weighted by atomic mass is 9.70. The zero-order valence-corrected chi connectivity index (χ0v) is 19.4. The van der Waals surface area contributed by atoms with Crippen LogP contribution in [0, 0.1) is 6.92 Å². The Morgan fingerprint density at radius 2 is 1.72 bits per heavy atom. The quantitative estimate of drug-likeness (QED) is 0.326. The van der Waals surface area contributed by atoms with Gasteiger partial charge >= 0.3 is 0 Å². The molecule has 0 unspecified atom stereocenters. The standard InChI is InChI=1S/C24H20BrNO6/c1-10-20(29)18(12(3)27)22-19(21(10)30)24(4)16(32-22)9-15(28)17(23(24)31)11(2)26-14-7-5-13(25)6-8-14/h5-9,26,29-30H,1-4H3/b17-11-/t24-/m1/s1. The van der Waals surface area contributed by atoms with Gasteiger partial charge in [-0.15, -0.1) is 0 Å². The normalized spacial score (nSPS) is 20.8. The van der Waals surface area contributed by atoms with Crippen LogP contribution in [0.5, 0.6) is 17.2 Å². The van der Waals surface area contributed by atoms with Gasteiger partial charge < -0.3 is 20.3 Å². The van der Waals surface area contributed by atoms with Crippen LogP contribution in [0.4, 0.5) is 5.69 Å². The highest BCUT2D eigenvalue weighted by atomic mass is 79.9. The second-order valence-corrected chi connectivity index (χ2v) is 8.93. The molecule has 0 saturated heterocycles. The summed E-state index contributed by atoms with van der Waals surface area (Å²) in [5.74, 6) is -2.49. The zero-order chi connectivity index (χ0) is 23.5. The van der Waals surface area contributed by atoms with Gasteiger partial charge in [0.1, 0.15) is 34.0 Å². The topological polar surface area (TPSA) is 113 Å². The number of ether oxygens (including phenoxy) is 1. The van der Waals surface area contributed by atoms with Crippen LogP contribution < -0.4 is 10.1 Å². The summed E-state index contributed by atoms with van der Waals surface area (Å²) < 4.78 is 6.64.